The molecule has 0 unspecified atom stereocenters. The Balaban J connectivity index is -0.0000000267. The third-order valence-corrected chi connectivity index (χ3v) is 0. The van der Waals surface area contributed by atoms with Crippen LogP contribution in [0.3, 0.4) is 0 Å². The van der Waals surface area contributed by atoms with Crippen molar-refractivity contribution in [1.82, 2.24) is 0 Å². The molecule has 8 heteroatoms. The van der Waals surface area contributed by atoms with Gasteiger partial charge in [0.2, 0.25) is 0 Å². The minimum atomic E-state index is -4.56. The molecule has 0 heterocycles. The number of rotatable bonds is 0. The monoisotopic (exact) mass is 228 g/mol. The first-order chi connectivity index (χ1) is 2.00. The summed E-state index contributed by atoms with van der Waals surface area (Å²) in [6.07, 6.45) is 0. The largest absolute Gasteiger partial charge is 1.00 e. The van der Waals surface area contributed by atoms with Crippen molar-refractivity contribution in [1.29, 1.82) is 0 Å². The standard InChI is InChI=1S/3K.H3O3PS/c;;;1-4(2,3)5/h;;;(H3,1,2,3,5)/q3*+1;/p-3. The zero-order chi connectivity index (χ0) is 4.50. The van der Waals surface area contributed by atoms with E-state index in [0.717, 1.165) is 0 Å². The predicted molar refractivity (Wildman–Crippen MR) is 14.3 cm³/mol. The van der Waals surface area contributed by atoms with Crippen LogP contribution < -0.4 is 169 Å². The summed E-state index contributed by atoms with van der Waals surface area (Å²) in [7, 11) is 0. The molecule has 0 aromatic heterocycles. The quantitative estimate of drug-likeness (QED) is 0.305. The van der Waals surface area contributed by atoms with Crippen LogP contribution in [0.5, 0.6) is 0 Å². The summed E-state index contributed by atoms with van der Waals surface area (Å²) in [5.74, 6) is 0. The van der Waals surface area contributed by atoms with Gasteiger partial charge in [0.25, 0.3) is 0 Å². The zero-order valence-corrected chi connectivity index (χ0v) is 16.2. The van der Waals surface area contributed by atoms with Crippen molar-refractivity contribution in [2.75, 3.05) is 0 Å². The normalized spacial score (nSPS) is 7.38. The van der Waals surface area contributed by atoms with Crippen LogP contribution >= 0.6 is 6.72 Å². The summed E-state index contributed by atoms with van der Waals surface area (Å²) in [6.45, 7) is -4.56. The molecule has 0 atom stereocenters. The predicted octanol–water partition coefficient (Wildman–Crippen LogP) is -11.7. The Morgan fingerprint density at radius 1 is 0.875 bits per heavy atom. The van der Waals surface area contributed by atoms with Crippen LogP contribution in [0.25, 0.3) is 0 Å². The Kier molecular flexibility index (Phi) is 36.3. The van der Waals surface area contributed by atoms with Gasteiger partial charge < -0.3 is 21.4 Å². The van der Waals surface area contributed by atoms with Crippen molar-refractivity contribution >= 4 is 18.5 Å². The third kappa shape index (κ3) is 42.1. The van der Waals surface area contributed by atoms with E-state index in [2.05, 4.69) is 11.8 Å². The topological polar surface area (TPSA) is 69.2 Å². The Morgan fingerprint density at radius 2 is 0.875 bits per heavy atom. The molecule has 0 aliphatic rings. The van der Waals surface area contributed by atoms with Crippen LogP contribution in [0, 0.1) is 0 Å². The molecule has 32 valence electrons. The molecule has 0 aliphatic carbocycles. The fourth-order valence-electron chi connectivity index (χ4n) is 0. The Bertz CT molecular complexity index is 60.7. The SMILES string of the molecule is [K+].[K+].[K+].[O-]P([O-])([O-])=S. The van der Waals surface area contributed by atoms with E-state index in [1.165, 1.54) is 0 Å². The van der Waals surface area contributed by atoms with Gasteiger partial charge in [-0.25, -0.2) is 0 Å². The van der Waals surface area contributed by atoms with Gasteiger partial charge in [-0.2, -0.15) is 11.8 Å². The Morgan fingerprint density at radius 3 is 0.875 bits per heavy atom. The molecule has 0 amide bonds. The van der Waals surface area contributed by atoms with Crippen molar-refractivity contribution in [2.45, 2.75) is 0 Å². The first-order valence-corrected chi connectivity index (χ1v) is 3.29. The van der Waals surface area contributed by atoms with Crippen LogP contribution in [0.1, 0.15) is 0 Å². The maximum atomic E-state index is 8.92. The van der Waals surface area contributed by atoms with Crippen molar-refractivity contribution in [3.63, 3.8) is 0 Å². The second-order valence-corrected chi connectivity index (χ2v) is 2.68. The minimum absolute atomic E-state index is 0. The van der Waals surface area contributed by atoms with Crippen molar-refractivity contribution < 1.29 is 169 Å². The molecule has 0 aromatic rings. The van der Waals surface area contributed by atoms with Crippen LogP contribution in [0.4, 0.5) is 0 Å². The summed E-state index contributed by atoms with van der Waals surface area (Å²) >= 11 is 3.27. The molecule has 0 rings (SSSR count). The molecule has 0 radical (unpaired) electrons. The molecule has 8 heavy (non-hydrogen) atoms. The van der Waals surface area contributed by atoms with E-state index < -0.39 is 6.72 Å². The average molecular weight is 228 g/mol. The zero-order valence-electron chi connectivity index (χ0n) is 5.08. The van der Waals surface area contributed by atoms with Crippen molar-refractivity contribution in [3.8, 4) is 0 Å². The second-order valence-electron chi connectivity index (χ2n) is 0.447. The van der Waals surface area contributed by atoms with Crippen LogP contribution in [0.15, 0.2) is 0 Å². The van der Waals surface area contributed by atoms with E-state index in [-0.39, 0.29) is 154 Å². The van der Waals surface area contributed by atoms with E-state index >= 15 is 0 Å². The molecular formula is K3O3PS. The third-order valence-electron chi connectivity index (χ3n) is 0. The van der Waals surface area contributed by atoms with Crippen LogP contribution in [-0.2, 0) is 11.8 Å². The van der Waals surface area contributed by atoms with Gasteiger partial charge in [0.15, 0.2) is 0 Å². The summed E-state index contributed by atoms with van der Waals surface area (Å²) in [4.78, 5) is 26.8. The van der Waals surface area contributed by atoms with Crippen molar-refractivity contribution in [3.05, 3.63) is 0 Å². The van der Waals surface area contributed by atoms with Gasteiger partial charge in [-0.3, -0.25) is 0 Å². The summed E-state index contributed by atoms with van der Waals surface area (Å²) in [5, 5.41) is 0. The minimum Gasteiger partial charge on any atom is -0.844 e. The van der Waals surface area contributed by atoms with E-state index in [1.54, 1.807) is 0 Å². The molecular weight excluding hydrogens is 228 g/mol. The molecule has 0 spiro atoms. The smallest absolute Gasteiger partial charge is 0.844 e. The summed E-state index contributed by atoms with van der Waals surface area (Å²) in [5.41, 5.74) is 0. The molecule has 0 N–H and O–H groups in total. The Labute approximate surface area is 181 Å². The second kappa shape index (κ2) is 12.4. The van der Waals surface area contributed by atoms with Crippen LogP contribution in [0.2, 0.25) is 0 Å². The molecule has 0 aromatic carbocycles. The first-order valence-electron chi connectivity index (χ1n) is 0.730. The molecule has 0 fully saturated rings. The summed E-state index contributed by atoms with van der Waals surface area (Å²) in [6, 6.07) is 0. The van der Waals surface area contributed by atoms with Gasteiger partial charge in [0.1, 0.15) is 0 Å². The fraction of sp³-hybridized carbons (Fsp3) is 0. The molecule has 0 aliphatic heterocycles. The van der Waals surface area contributed by atoms with Gasteiger partial charge in [0, 0.05) is 0 Å². The molecule has 0 saturated heterocycles. The van der Waals surface area contributed by atoms with Gasteiger partial charge in [-0.15, -0.1) is 0 Å². The van der Waals surface area contributed by atoms with E-state index in [0.29, 0.717) is 0 Å². The number of hydrogen-bond acceptors (Lipinski definition) is 4. The van der Waals surface area contributed by atoms with E-state index in [9.17, 15) is 0 Å². The van der Waals surface area contributed by atoms with Gasteiger partial charge in [-0.05, 0) is 0 Å². The van der Waals surface area contributed by atoms with E-state index in [4.69, 9.17) is 14.7 Å². The average Bonchev–Trinajstić information content (AvgIpc) is 0.722. The molecule has 0 bridgehead atoms. The number of hydrogen-bond donors (Lipinski definition) is 0. The summed E-state index contributed by atoms with van der Waals surface area (Å²) < 4.78 is 0. The van der Waals surface area contributed by atoms with E-state index in [1.807, 2.05) is 0 Å². The maximum absolute atomic E-state index is 8.92. The maximum Gasteiger partial charge on any atom is 1.00 e. The fourth-order valence-corrected chi connectivity index (χ4v) is 0. The van der Waals surface area contributed by atoms with Crippen LogP contribution in [-0.4, -0.2) is 0 Å². The Hall–Kier alpha value is 5.44. The van der Waals surface area contributed by atoms with Gasteiger partial charge in [-0.1, -0.05) is 0 Å². The molecule has 3 nitrogen and oxygen atoms in total. The van der Waals surface area contributed by atoms with Gasteiger partial charge >= 0.3 is 154 Å². The first kappa shape index (κ1) is 23.3. The molecule has 0 saturated carbocycles. The van der Waals surface area contributed by atoms with Gasteiger partial charge in [0.05, 0.1) is 0 Å². The van der Waals surface area contributed by atoms with Crippen molar-refractivity contribution in [2.24, 2.45) is 0 Å².